The van der Waals surface area contributed by atoms with Crippen LogP contribution in [0.3, 0.4) is 0 Å². The van der Waals surface area contributed by atoms with E-state index in [1.807, 2.05) is 74.5 Å². The first-order valence-corrected chi connectivity index (χ1v) is 13.3. The number of amides is 1. The van der Waals surface area contributed by atoms with Gasteiger partial charge in [-0.15, -0.1) is 0 Å². The normalized spacial score (nSPS) is 15.9. The summed E-state index contributed by atoms with van der Waals surface area (Å²) in [7, 11) is 0. The van der Waals surface area contributed by atoms with Crippen LogP contribution in [0.2, 0.25) is 0 Å². The summed E-state index contributed by atoms with van der Waals surface area (Å²) >= 11 is 0. The van der Waals surface area contributed by atoms with Gasteiger partial charge in [-0.3, -0.25) is 5.32 Å². The van der Waals surface area contributed by atoms with Crippen LogP contribution in [-0.4, -0.2) is 21.7 Å². The molecule has 0 unspecified atom stereocenters. The lowest BCUT2D eigenvalue weighted by Gasteiger charge is -2.30. The highest BCUT2D eigenvalue weighted by Gasteiger charge is 2.31. The van der Waals surface area contributed by atoms with Gasteiger partial charge in [0.05, 0.1) is 16.8 Å². The van der Waals surface area contributed by atoms with E-state index in [4.69, 9.17) is 9.47 Å². The van der Waals surface area contributed by atoms with Crippen LogP contribution >= 0.6 is 0 Å². The zero-order valence-electron chi connectivity index (χ0n) is 21.6. The molecule has 2 fully saturated rings. The first-order chi connectivity index (χ1) is 18.5. The van der Waals surface area contributed by atoms with Crippen molar-refractivity contribution in [2.75, 3.05) is 5.32 Å². The second-order valence-electron chi connectivity index (χ2n) is 10.3. The van der Waals surface area contributed by atoms with Gasteiger partial charge in [-0.2, -0.15) is 5.26 Å². The number of hydrogen-bond acceptors (Lipinski definition) is 5. The zero-order chi connectivity index (χ0) is 26.2. The number of aromatic nitrogens is 2. The molecule has 2 aromatic heterocycles. The van der Waals surface area contributed by atoms with Crippen LogP contribution in [0.15, 0.2) is 60.7 Å². The van der Waals surface area contributed by atoms with Crippen molar-refractivity contribution in [1.82, 2.24) is 9.55 Å². The minimum absolute atomic E-state index is 0.0683. The third-order valence-electron chi connectivity index (χ3n) is 7.59. The van der Waals surface area contributed by atoms with E-state index in [1.165, 1.54) is 6.42 Å². The molecule has 4 aromatic rings. The summed E-state index contributed by atoms with van der Waals surface area (Å²) in [6.45, 7) is 3.87. The number of nitrogens with one attached hydrogen (secondary N) is 1. The van der Waals surface area contributed by atoms with Gasteiger partial charge in [-0.05, 0) is 93.8 Å². The van der Waals surface area contributed by atoms with Crippen LogP contribution in [-0.2, 0) is 4.74 Å². The standard InChI is InChI=1S/C31H30N4O3/c1-19-5-3-8-29(33-19)38-25-15-16-28-26(17-25)27(18-32)30(35(28)24-6-4-7-24)22-11-13-23(14-12-22)34-31(36)37-20(2)21-9-10-21/h3,5,8,11-17,20-21,24H,4,6-7,9-10H2,1-2H3,(H,34,36)/t20-/m1/s1. The Morgan fingerprint density at radius 2 is 1.89 bits per heavy atom. The summed E-state index contributed by atoms with van der Waals surface area (Å²) in [4.78, 5) is 16.7. The van der Waals surface area contributed by atoms with Crippen LogP contribution in [0.4, 0.5) is 10.5 Å². The first-order valence-electron chi connectivity index (χ1n) is 13.3. The maximum atomic E-state index is 12.3. The SMILES string of the molecule is Cc1cccc(Oc2ccc3c(c2)c(C#N)c(-c2ccc(NC(=O)O[C@H](C)C4CC4)cc2)n3C2CCC2)n1. The van der Waals surface area contributed by atoms with Crippen LogP contribution in [0, 0.1) is 24.2 Å². The molecule has 1 atom stereocenters. The first kappa shape index (κ1) is 24.1. The van der Waals surface area contributed by atoms with Gasteiger partial charge < -0.3 is 14.0 Å². The summed E-state index contributed by atoms with van der Waals surface area (Å²) < 4.78 is 13.8. The number of rotatable bonds is 7. The molecule has 2 aliphatic rings. The summed E-state index contributed by atoms with van der Waals surface area (Å²) in [5.41, 5.74) is 5.00. The lowest BCUT2D eigenvalue weighted by molar-refractivity contribution is 0.108. The van der Waals surface area contributed by atoms with E-state index in [0.29, 0.717) is 34.8 Å². The predicted molar refractivity (Wildman–Crippen MR) is 146 cm³/mol. The van der Waals surface area contributed by atoms with Crippen molar-refractivity contribution in [2.45, 2.75) is 58.1 Å². The Bertz CT molecular complexity index is 1540. The number of ether oxygens (including phenoxy) is 2. The number of hydrogen-bond donors (Lipinski definition) is 1. The number of fused-ring (bicyclic) bond motifs is 1. The van der Waals surface area contributed by atoms with E-state index in [2.05, 4.69) is 20.9 Å². The molecule has 0 saturated heterocycles. The van der Waals surface area contributed by atoms with E-state index in [-0.39, 0.29) is 6.10 Å². The van der Waals surface area contributed by atoms with Gasteiger partial charge >= 0.3 is 6.09 Å². The largest absolute Gasteiger partial charge is 0.446 e. The monoisotopic (exact) mass is 506 g/mol. The number of carbonyl (C=O) groups is 1. The fourth-order valence-corrected chi connectivity index (χ4v) is 5.16. The van der Waals surface area contributed by atoms with Crippen LogP contribution in [0.1, 0.15) is 56.3 Å². The molecule has 0 radical (unpaired) electrons. The zero-order valence-corrected chi connectivity index (χ0v) is 21.6. The number of pyridine rings is 1. The molecular formula is C31H30N4O3. The van der Waals surface area contributed by atoms with Crippen molar-refractivity contribution in [2.24, 2.45) is 5.92 Å². The van der Waals surface area contributed by atoms with Crippen molar-refractivity contribution >= 4 is 22.7 Å². The maximum Gasteiger partial charge on any atom is 0.411 e. The molecule has 2 heterocycles. The highest BCUT2D eigenvalue weighted by Crippen LogP contribution is 2.43. The van der Waals surface area contributed by atoms with Crippen LogP contribution in [0.25, 0.3) is 22.2 Å². The molecule has 2 aliphatic carbocycles. The molecule has 2 aromatic carbocycles. The average Bonchev–Trinajstić information content (AvgIpc) is 3.67. The van der Waals surface area contributed by atoms with Crippen molar-refractivity contribution in [3.05, 3.63) is 71.9 Å². The molecule has 0 aliphatic heterocycles. The van der Waals surface area contributed by atoms with Gasteiger partial charge in [0.25, 0.3) is 0 Å². The molecule has 2 saturated carbocycles. The smallest absolute Gasteiger partial charge is 0.411 e. The number of nitriles is 1. The number of carbonyl (C=O) groups excluding carboxylic acids is 1. The Hall–Kier alpha value is -4.31. The van der Waals surface area contributed by atoms with Gasteiger partial charge in [0, 0.05) is 28.9 Å². The second kappa shape index (κ2) is 9.86. The van der Waals surface area contributed by atoms with Crippen molar-refractivity contribution in [1.29, 1.82) is 5.26 Å². The molecule has 0 spiro atoms. The number of aryl methyl sites for hydroxylation is 1. The summed E-state index contributed by atoms with van der Waals surface area (Å²) in [6.07, 6.45) is 5.08. The van der Waals surface area contributed by atoms with E-state index >= 15 is 0 Å². The Labute approximate surface area is 222 Å². The fraction of sp³-hybridized carbons (Fsp3) is 0.323. The van der Waals surface area contributed by atoms with Gasteiger partial charge in [-0.25, -0.2) is 9.78 Å². The van der Waals surface area contributed by atoms with E-state index in [0.717, 1.165) is 53.5 Å². The Balaban J connectivity index is 1.33. The summed E-state index contributed by atoms with van der Waals surface area (Å²) in [5.74, 6) is 1.65. The number of anilines is 1. The van der Waals surface area contributed by atoms with Gasteiger partial charge in [0.2, 0.25) is 5.88 Å². The van der Waals surface area contributed by atoms with Gasteiger partial charge in [-0.1, -0.05) is 18.2 Å². The number of benzene rings is 2. The van der Waals surface area contributed by atoms with E-state index in [9.17, 15) is 10.1 Å². The van der Waals surface area contributed by atoms with Crippen molar-refractivity contribution < 1.29 is 14.3 Å². The average molecular weight is 507 g/mol. The minimum Gasteiger partial charge on any atom is -0.446 e. The molecule has 192 valence electrons. The molecule has 7 heteroatoms. The minimum atomic E-state index is -0.436. The van der Waals surface area contributed by atoms with Crippen molar-refractivity contribution in [3.63, 3.8) is 0 Å². The lowest BCUT2D eigenvalue weighted by atomic mass is 9.92. The Kier molecular flexibility index (Phi) is 6.24. The van der Waals surface area contributed by atoms with Gasteiger partial charge in [0.1, 0.15) is 17.9 Å². The summed E-state index contributed by atoms with van der Waals surface area (Å²) in [6, 6.07) is 22.0. The molecule has 1 amide bonds. The fourth-order valence-electron chi connectivity index (χ4n) is 5.16. The van der Waals surface area contributed by atoms with Gasteiger partial charge in [0.15, 0.2) is 0 Å². The Morgan fingerprint density at radius 3 is 2.55 bits per heavy atom. The topological polar surface area (TPSA) is 89.2 Å². The van der Waals surface area contributed by atoms with Crippen LogP contribution < -0.4 is 10.1 Å². The lowest BCUT2D eigenvalue weighted by Crippen LogP contribution is -2.21. The highest BCUT2D eigenvalue weighted by atomic mass is 16.6. The predicted octanol–water partition coefficient (Wildman–Crippen LogP) is 7.75. The highest BCUT2D eigenvalue weighted by molar-refractivity contribution is 5.96. The molecule has 0 bridgehead atoms. The molecule has 1 N–H and O–H groups in total. The molecule has 7 nitrogen and oxygen atoms in total. The summed E-state index contributed by atoms with van der Waals surface area (Å²) in [5, 5.41) is 14.0. The quantitative estimate of drug-likeness (QED) is 0.277. The second-order valence-corrected chi connectivity index (χ2v) is 10.3. The van der Waals surface area contributed by atoms with Crippen molar-refractivity contribution in [3.8, 4) is 29.0 Å². The molecule has 6 rings (SSSR count). The number of nitrogens with zero attached hydrogens (tertiary/aromatic N) is 3. The molecular weight excluding hydrogens is 476 g/mol. The maximum absolute atomic E-state index is 12.3. The molecule has 38 heavy (non-hydrogen) atoms. The third kappa shape index (κ3) is 4.70. The van der Waals surface area contributed by atoms with E-state index in [1.54, 1.807) is 0 Å². The van der Waals surface area contributed by atoms with E-state index < -0.39 is 6.09 Å². The Morgan fingerprint density at radius 1 is 1.11 bits per heavy atom. The van der Waals surface area contributed by atoms with Crippen LogP contribution in [0.5, 0.6) is 11.6 Å². The third-order valence-corrected chi connectivity index (χ3v) is 7.59.